The number of aliphatic hydroxyl groups is 1. The molecule has 0 aliphatic carbocycles. The fraction of sp³-hybridized carbons (Fsp3) is 0.667. The molecule has 0 aromatic carbocycles. The molecule has 1 heterocycles. The highest BCUT2D eigenvalue weighted by atomic mass is 35.5. The van der Waals surface area contributed by atoms with E-state index in [-0.39, 0.29) is 24.5 Å². The quantitative estimate of drug-likeness (QED) is 0.795. The maximum atomic E-state index is 11.7. The molecular weight excluding hydrogens is 256 g/mol. The predicted octanol–water partition coefficient (Wildman–Crippen LogP) is 1.78. The third kappa shape index (κ3) is 4.66. The molecule has 2 unspecified atom stereocenters. The Morgan fingerprint density at radius 2 is 2.39 bits per heavy atom. The number of aromatic nitrogens is 1. The summed E-state index contributed by atoms with van der Waals surface area (Å²) >= 11 is 5.60. The minimum Gasteiger partial charge on any atom is -0.394 e. The van der Waals surface area contributed by atoms with Gasteiger partial charge >= 0.3 is 0 Å². The highest BCUT2D eigenvalue weighted by molar-refractivity contribution is 6.29. The zero-order valence-electron chi connectivity index (χ0n) is 10.6. The molecule has 1 aromatic heterocycles. The summed E-state index contributed by atoms with van der Waals surface area (Å²) in [7, 11) is 0. The Labute approximate surface area is 111 Å². The highest BCUT2D eigenvalue weighted by Crippen LogP contribution is 2.11. The van der Waals surface area contributed by atoms with Gasteiger partial charge in [-0.25, -0.2) is 0 Å². The van der Waals surface area contributed by atoms with Gasteiger partial charge in [-0.1, -0.05) is 37.0 Å². The molecule has 1 amide bonds. The Morgan fingerprint density at radius 3 is 2.89 bits per heavy atom. The average Bonchev–Trinajstić information content (AvgIpc) is 2.78. The van der Waals surface area contributed by atoms with Gasteiger partial charge in [-0.2, -0.15) is 0 Å². The fourth-order valence-corrected chi connectivity index (χ4v) is 1.73. The van der Waals surface area contributed by atoms with Crippen LogP contribution in [0.1, 0.15) is 32.4 Å². The van der Waals surface area contributed by atoms with Crippen molar-refractivity contribution in [2.75, 3.05) is 6.61 Å². The Morgan fingerprint density at radius 1 is 1.67 bits per heavy atom. The maximum Gasteiger partial charge on any atom is 0.220 e. The number of aryl methyl sites for hydroxylation is 1. The molecule has 0 spiro atoms. The van der Waals surface area contributed by atoms with Crippen LogP contribution >= 0.6 is 11.6 Å². The summed E-state index contributed by atoms with van der Waals surface area (Å²) < 4.78 is 4.90. The standard InChI is InChI=1S/C12H19ClN2O3/c1-3-8(2)10(7-16)14-12(17)5-4-9-6-11(13)15-18-9/h6,8,10,16H,3-5,7H2,1-2H3,(H,14,17). The summed E-state index contributed by atoms with van der Waals surface area (Å²) in [6.45, 7) is 3.97. The fourth-order valence-electron chi connectivity index (χ4n) is 1.57. The van der Waals surface area contributed by atoms with Crippen molar-refractivity contribution < 1.29 is 14.4 Å². The first kappa shape index (κ1) is 15.0. The SMILES string of the molecule is CCC(C)C(CO)NC(=O)CCc1cc(Cl)no1. The van der Waals surface area contributed by atoms with Crippen molar-refractivity contribution in [1.29, 1.82) is 0 Å². The van der Waals surface area contributed by atoms with E-state index in [1.807, 2.05) is 13.8 Å². The lowest BCUT2D eigenvalue weighted by atomic mass is 10.00. The van der Waals surface area contributed by atoms with Crippen LogP contribution in [0, 0.1) is 5.92 Å². The van der Waals surface area contributed by atoms with E-state index in [9.17, 15) is 9.90 Å². The summed E-state index contributed by atoms with van der Waals surface area (Å²) in [6, 6.07) is 1.40. The van der Waals surface area contributed by atoms with Crippen LogP contribution in [0.3, 0.4) is 0 Å². The molecule has 6 heteroatoms. The van der Waals surface area contributed by atoms with Crippen LogP contribution in [0.25, 0.3) is 0 Å². The molecule has 1 aromatic rings. The van der Waals surface area contributed by atoms with Gasteiger partial charge in [0.2, 0.25) is 5.91 Å². The van der Waals surface area contributed by atoms with Gasteiger partial charge in [-0.3, -0.25) is 4.79 Å². The van der Waals surface area contributed by atoms with Crippen molar-refractivity contribution in [2.24, 2.45) is 5.92 Å². The number of aliphatic hydroxyl groups excluding tert-OH is 1. The molecule has 0 radical (unpaired) electrons. The number of nitrogens with one attached hydrogen (secondary N) is 1. The maximum absolute atomic E-state index is 11.7. The van der Waals surface area contributed by atoms with Gasteiger partial charge in [0.05, 0.1) is 12.6 Å². The van der Waals surface area contributed by atoms with E-state index in [1.54, 1.807) is 6.07 Å². The van der Waals surface area contributed by atoms with Crippen LogP contribution < -0.4 is 5.32 Å². The third-order valence-corrected chi connectivity index (χ3v) is 3.18. The molecule has 1 rings (SSSR count). The second-order valence-electron chi connectivity index (χ2n) is 4.36. The predicted molar refractivity (Wildman–Crippen MR) is 68.3 cm³/mol. The number of nitrogens with zero attached hydrogens (tertiary/aromatic N) is 1. The summed E-state index contributed by atoms with van der Waals surface area (Å²) in [5.74, 6) is 0.722. The van der Waals surface area contributed by atoms with Crippen LogP contribution in [0.15, 0.2) is 10.6 Å². The Kier molecular flexibility index (Phi) is 6.15. The van der Waals surface area contributed by atoms with Crippen molar-refractivity contribution >= 4 is 17.5 Å². The first-order valence-electron chi connectivity index (χ1n) is 6.08. The smallest absolute Gasteiger partial charge is 0.220 e. The van der Waals surface area contributed by atoms with Crippen LogP contribution in [0.5, 0.6) is 0 Å². The van der Waals surface area contributed by atoms with E-state index in [4.69, 9.17) is 16.1 Å². The molecule has 0 saturated carbocycles. The summed E-state index contributed by atoms with van der Waals surface area (Å²) in [6.07, 6.45) is 1.64. The average molecular weight is 275 g/mol. The Balaban J connectivity index is 2.36. The lowest BCUT2D eigenvalue weighted by Gasteiger charge is -2.21. The van der Waals surface area contributed by atoms with E-state index in [1.165, 1.54) is 0 Å². The zero-order valence-corrected chi connectivity index (χ0v) is 11.4. The molecule has 0 saturated heterocycles. The van der Waals surface area contributed by atoms with Crippen molar-refractivity contribution in [2.45, 2.75) is 39.2 Å². The van der Waals surface area contributed by atoms with Gasteiger partial charge in [0, 0.05) is 18.9 Å². The van der Waals surface area contributed by atoms with Crippen LogP contribution in [-0.4, -0.2) is 28.8 Å². The van der Waals surface area contributed by atoms with Gasteiger partial charge in [0.1, 0.15) is 5.76 Å². The second-order valence-corrected chi connectivity index (χ2v) is 4.75. The number of hydrogen-bond acceptors (Lipinski definition) is 4. The van der Waals surface area contributed by atoms with Gasteiger partial charge in [0.15, 0.2) is 5.15 Å². The van der Waals surface area contributed by atoms with E-state index in [0.717, 1.165) is 6.42 Å². The highest BCUT2D eigenvalue weighted by Gasteiger charge is 2.17. The minimum atomic E-state index is -0.194. The molecule has 0 fully saturated rings. The molecular formula is C12H19ClN2O3. The summed E-state index contributed by atoms with van der Waals surface area (Å²) in [5, 5.41) is 15.8. The lowest BCUT2D eigenvalue weighted by Crippen LogP contribution is -2.41. The summed E-state index contributed by atoms with van der Waals surface area (Å²) in [4.78, 5) is 11.7. The molecule has 18 heavy (non-hydrogen) atoms. The molecule has 0 aliphatic heterocycles. The molecule has 2 N–H and O–H groups in total. The Hall–Kier alpha value is -1.07. The number of hydrogen-bond donors (Lipinski definition) is 2. The van der Waals surface area contributed by atoms with Crippen molar-refractivity contribution in [3.8, 4) is 0 Å². The minimum absolute atomic E-state index is 0.0467. The number of rotatable bonds is 7. The largest absolute Gasteiger partial charge is 0.394 e. The monoisotopic (exact) mass is 274 g/mol. The summed E-state index contributed by atoms with van der Waals surface area (Å²) in [5.41, 5.74) is 0. The van der Waals surface area contributed by atoms with Crippen molar-refractivity contribution in [1.82, 2.24) is 10.5 Å². The van der Waals surface area contributed by atoms with Crippen LogP contribution in [0.4, 0.5) is 0 Å². The van der Waals surface area contributed by atoms with Crippen LogP contribution in [0.2, 0.25) is 5.15 Å². The van der Waals surface area contributed by atoms with E-state index in [0.29, 0.717) is 23.8 Å². The first-order valence-corrected chi connectivity index (χ1v) is 6.46. The lowest BCUT2D eigenvalue weighted by molar-refractivity contribution is -0.122. The van der Waals surface area contributed by atoms with E-state index < -0.39 is 0 Å². The van der Waals surface area contributed by atoms with Crippen LogP contribution in [-0.2, 0) is 11.2 Å². The molecule has 2 atom stereocenters. The van der Waals surface area contributed by atoms with Gasteiger partial charge in [-0.05, 0) is 5.92 Å². The molecule has 5 nitrogen and oxygen atoms in total. The number of carbonyl (C=O) groups is 1. The van der Waals surface area contributed by atoms with Gasteiger partial charge in [-0.15, -0.1) is 0 Å². The number of carbonyl (C=O) groups excluding carboxylic acids is 1. The van der Waals surface area contributed by atoms with E-state index >= 15 is 0 Å². The number of halogens is 1. The van der Waals surface area contributed by atoms with Gasteiger partial charge < -0.3 is 14.9 Å². The van der Waals surface area contributed by atoms with Gasteiger partial charge in [0.25, 0.3) is 0 Å². The number of amides is 1. The Bertz CT molecular complexity index is 381. The van der Waals surface area contributed by atoms with Crippen molar-refractivity contribution in [3.63, 3.8) is 0 Å². The normalized spacial score (nSPS) is 14.2. The van der Waals surface area contributed by atoms with E-state index in [2.05, 4.69) is 10.5 Å². The first-order chi connectivity index (χ1) is 8.56. The molecule has 0 aliphatic rings. The topological polar surface area (TPSA) is 75.4 Å². The zero-order chi connectivity index (χ0) is 13.5. The second kappa shape index (κ2) is 7.38. The molecule has 0 bridgehead atoms. The molecule has 102 valence electrons. The van der Waals surface area contributed by atoms with Crippen molar-refractivity contribution in [3.05, 3.63) is 17.0 Å². The third-order valence-electron chi connectivity index (χ3n) is 3.00.